The minimum atomic E-state index is -0.0183. The van der Waals surface area contributed by atoms with Gasteiger partial charge in [-0.3, -0.25) is 14.5 Å². The monoisotopic (exact) mass is 372 g/mol. The summed E-state index contributed by atoms with van der Waals surface area (Å²) in [5.41, 5.74) is 0.954. The zero-order valence-electron chi connectivity index (χ0n) is 16.3. The summed E-state index contributed by atoms with van der Waals surface area (Å²) in [5.74, 6) is 0.689. The predicted molar refractivity (Wildman–Crippen MR) is 108 cm³/mol. The van der Waals surface area contributed by atoms with Gasteiger partial charge < -0.3 is 15.5 Å². The van der Waals surface area contributed by atoms with Crippen LogP contribution in [0.4, 0.5) is 5.69 Å². The van der Waals surface area contributed by atoms with Crippen LogP contribution >= 0.6 is 0 Å². The number of anilines is 1. The van der Waals surface area contributed by atoms with Crippen molar-refractivity contribution in [2.75, 3.05) is 44.2 Å². The normalized spacial score (nSPS) is 23.1. The van der Waals surface area contributed by atoms with Crippen molar-refractivity contribution < 1.29 is 9.59 Å². The summed E-state index contributed by atoms with van der Waals surface area (Å²) in [4.78, 5) is 29.1. The summed E-state index contributed by atoms with van der Waals surface area (Å²) in [5, 5.41) is 6.35. The second-order valence-corrected chi connectivity index (χ2v) is 7.61. The molecule has 2 amide bonds. The Hall–Kier alpha value is -1.92. The van der Waals surface area contributed by atoms with Crippen LogP contribution in [-0.4, -0.2) is 62.0 Å². The summed E-state index contributed by atoms with van der Waals surface area (Å²) in [6, 6.07) is 9.83. The highest BCUT2D eigenvalue weighted by molar-refractivity contribution is 5.94. The molecular weight excluding hydrogens is 340 g/mol. The molecule has 2 aliphatic heterocycles. The van der Waals surface area contributed by atoms with Crippen molar-refractivity contribution in [1.29, 1.82) is 0 Å². The molecule has 0 saturated carbocycles. The standard InChI is InChI=1S/C21H32N4O2/c1-2-25(18-9-4-3-5-10-18)20(26)16-24-13-7-8-17(15-24)14-23-21(27)19-11-6-12-22-19/h3-5,9-10,17,19,22H,2,6-8,11-16H2,1H3,(H,23,27). The number of carbonyl (C=O) groups excluding carboxylic acids is 2. The Morgan fingerprint density at radius 3 is 2.74 bits per heavy atom. The molecule has 2 heterocycles. The Balaban J connectivity index is 1.47. The lowest BCUT2D eigenvalue weighted by atomic mass is 9.97. The molecule has 0 radical (unpaired) electrons. The fourth-order valence-electron chi connectivity index (χ4n) is 4.13. The molecule has 2 saturated heterocycles. The fraction of sp³-hybridized carbons (Fsp3) is 0.619. The number of benzene rings is 1. The van der Waals surface area contributed by atoms with Crippen molar-refractivity contribution in [3.05, 3.63) is 30.3 Å². The van der Waals surface area contributed by atoms with Gasteiger partial charge in [-0.15, -0.1) is 0 Å². The van der Waals surface area contributed by atoms with Crippen molar-refractivity contribution >= 4 is 17.5 Å². The molecule has 3 rings (SSSR count). The van der Waals surface area contributed by atoms with Crippen molar-refractivity contribution in [3.8, 4) is 0 Å². The van der Waals surface area contributed by atoms with Crippen LogP contribution in [0.1, 0.15) is 32.6 Å². The van der Waals surface area contributed by atoms with Crippen molar-refractivity contribution in [2.24, 2.45) is 5.92 Å². The van der Waals surface area contributed by atoms with Crippen LogP contribution in [0, 0.1) is 5.92 Å². The molecule has 6 nitrogen and oxygen atoms in total. The lowest BCUT2D eigenvalue weighted by Crippen LogP contribution is -2.48. The molecule has 0 bridgehead atoms. The van der Waals surface area contributed by atoms with E-state index in [-0.39, 0.29) is 17.9 Å². The number of piperidine rings is 1. The van der Waals surface area contributed by atoms with Crippen LogP contribution in [0.15, 0.2) is 30.3 Å². The number of rotatable bonds is 7. The van der Waals surface area contributed by atoms with Crippen LogP contribution in [0.5, 0.6) is 0 Å². The van der Waals surface area contributed by atoms with Gasteiger partial charge in [-0.25, -0.2) is 0 Å². The number of hydrogen-bond donors (Lipinski definition) is 2. The van der Waals surface area contributed by atoms with E-state index in [2.05, 4.69) is 15.5 Å². The van der Waals surface area contributed by atoms with E-state index in [4.69, 9.17) is 0 Å². The zero-order chi connectivity index (χ0) is 19.1. The molecule has 0 aromatic heterocycles. The quantitative estimate of drug-likeness (QED) is 0.763. The molecule has 148 valence electrons. The van der Waals surface area contributed by atoms with Gasteiger partial charge in [0.2, 0.25) is 11.8 Å². The number of nitrogens with one attached hydrogen (secondary N) is 2. The molecule has 2 aliphatic rings. The van der Waals surface area contributed by atoms with Gasteiger partial charge in [-0.2, -0.15) is 0 Å². The number of hydrogen-bond acceptors (Lipinski definition) is 4. The first-order valence-electron chi connectivity index (χ1n) is 10.3. The molecular formula is C21H32N4O2. The Kier molecular flexibility index (Phi) is 7.24. The molecule has 27 heavy (non-hydrogen) atoms. The van der Waals surface area contributed by atoms with Crippen LogP contribution in [0.25, 0.3) is 0 Å². The predicted octanol–water partition coefficient (Wildman–Crippen LogP) is 1.62. The molecule has 0 aliphatic carbocycles. The van der Waals surface area contributed by atoms with E-state index in [1.54, 1.807) is 0 Å². The number of nitrogens with zero attached hydrogens (tertiary/aromatic N) is 2. The smallest absolute Gasteiger partial charge is 0.241 e. The Morgan fingerprint density at radius 1 is 1.22 bits per heavy atom. The topological polar surface area (TPSA) is 64.7 Å². The molecule has 2 unspecified atom stereocenters. The molecule has 0 spiro atoms. The van der Waals surface area contributed by atoms with Gasteiger partial charge in [0.1, 0.15) is 0 Å². The average molecular weight is 373 g/mol. The van der Waals surface area contributed by atoms with Gasteiger partial charge in [0.05, 0.1) is 12.6 Å². The largest absolute Gasteiger partial charge is 0.354 e. The maximum atomic E-state index is 12.8. The summed E-state index contributed by atoms with van der Waals surface area (Å²) in [6.45, 7) is 6.59. The van der Waals surface area contributed by atoms with Crippen molar-refractivity contribution in [1.82, 2.24) is 15.5 Å². The van der Waals surface area contributed by atoms with Crippen molar-refractivity contribution in [3.63, 3.8) is 0 Å². The van der Waals surface area contributed by atoms with E-state index >= 15 is 0 Å². The lowest BCUT2D eigenvalue weighted by Gasteiger charge is -2.34. The van der Waals surface area contributed by atoms with Crippen LogP contribution in [0.3, 0.4) is 0 Å². The molecule has 6 heteroatoms. The molecule has 2 N–H and O–H groups in total. The second-order valence-electron chi connectivity index (χ2n) is 7.61. The summed E-state index contributed by atoms with van der Waals surface area (Å²) in [7, 11) is 0. The highest BCUT2D eigenvalue weighted by atomic mass is 16.2. The van der Waals surface area contributed by atoms with E-state index in [1.807, 2.05) is 42.2 Å². The van der Waals surface area contributed by atoms with Crippen LogP contribution in [-0.2, 0) is 9.59 Å². The first-order chi connectivity index (χ1) is 13.2. The number of amides is 2. The number of likely N-dealkylation sites (N-methyl/N-ethyl adjacent to an activating group) is 1. The maximum absolute atomic E-state index is 12.8. The van der Waals surface area contributed by atoms with Crippen LogP contribution < -0.4 is 15.5 Å². The third kappa shape index (κ3) is 5.53. The summed E-state index contributed by atoms with van der Waals surface area (Å²) >= 11 is 0. The van der Waals surface area contributed by atoms with E-state index in [1.165, 1.54) is 0 Å². The first-order valence-corrected chi connectivity index (χ1v) is 10.3. The average Bonchev–Trinajstić information content (AvgIpc) is 3.23. The Labute approximate surface area is 162 Å². The van der Waals surface area contributed by atoms with Gasteiger partial charge in [0.15, 0.2) is 0 Å². The van der Waals surface area contributed by atoms with Crippen LogP contribution in [0.2, 0.25) is 0 Å². The molecule has 2 atom stereocenters. The fourth-order valence-corrected chi connectivity index (χ4v) is 4.13. The van der Waals surface area contributed by atoms with Crippen molar-refractivity contribution in [2.45, 2.75) is 38.6 Å². The minimum absolute atomic E-state index is 0.0183. The summed E-state index contributed by atoms with van der Waals surface area (Å²) < 4.78 is 0. The van der Waals surface area contributed by atoms with Gasteiger partial charge in [0, 0.05) is 25.3 Å². The SMILES string of the molecule is CCN(C(=O)CN1CCCC(CNC(=O)C2CCCN2)C1)c1ccccc1. The van der Waals surface area contributed by atoms with Gasteiger partial charge in [-0.1, -0.05) is 18.2 Å². The van der Waals surface area contributed by atoms with Gasteiger partial charge in [0.25, 0.3) is 0 Å². The Bertz CT molecular complexity index is 616. The lowest BCUT2D eigenvalue weighted by molar-refractivity contribution is -0.123. The van der Waals surface area contributed by atoms with Gasteiger partial charge in [-0.05, 0) is 63.7 Å². The zero-order valence-corrected chi connectivity index (χ0v) is 16.3. The molecule has 1 aromatic carbocycles. The highest BCUT2D eigenvalue weighted by Crippen LogP contribution is 2.18. The first kappa shape index (κ1) is 19.8. The van der Waals surface area contributed by atoms with E-state index in [9.17, 15) is 9.59 Å². The number of carbonyl (C=O) groups is 2. The summed E-state index contributed by atoms with van der Waals surface area (Å²) in [6.07, 6.45) is 4.20. The maximum Gasteiger partial charge on any atom is 0.241 e. The highest BCUT2D eigenvalue weighted by Gasteiger charge is 2.26. The van der Waals surface area contributed by atoms with E-state index < -0.39 is 0 Å². The van der Waals surface area contributed by atoms with Gasteiger partial charge >= 0.3 is 0 Å². The number of para-hydroxylation sites is 1. The van der Waals surface area contributed by atoms with E-state index in [0.717, 1.165) is 51.0 Å². The second kappa shape index (κ2) is 9.85. The molecule has 1 aromatic rings. The molecule has 2 fully saturated rings. The minimum Gasteiger partial charge on any atom is -0.354 e. The Morgan fingerprint density at radius 2 is 2.04 bits per heavy atom. The number of likely N-dealkylation sites (tertiary alicyclic amines) is 1. The third-order valence-electron chi connectivity index (χ3n) is 5.59. The van der Waals surface area contributed by atoms with E-state index in [0.29, 0.717) is 25.6 Å². The third-order valence-corrected chi connectivity index (χ3v) is 5.59.